The maximum absolute atomic E-state index is 13.3. The topological polar surface area (TPSA) is 92.6 Å². The number of nitrogens with one attached hydrogen (secondary N) is 1. The third-order valence-electron chi connectivity index (χ3n) is 5.20. The molecule has 0 saturated heterocycles. The molecule has 0 aliphatic carbocycles. The van der Waals surface area contributed by atoms with Crippen LogP contribution in [0, 0.1) is 5.82 Å². The van der Waals surface area contributed by atoms with Crippen LogP contribution in [0.15, 0.2) is 55.1 Å². The summed E-state index contributed by atoms with van der Waals surface area (Å²) in [5.41, 5.74) is 1.50. The molecule has 150 valence electrons. The second-order valence-corrected chi connectivity index (χ2v) is 7.03. The molecule has 1 aliphatic heterocycles. The fourth-order valence-corrected chi connectivity index (χ4v) is 3.79. The monoisotopic (exact) mass is 403 g/mol. The van der Waals surface area contributed by atoms with Crippen molar-refractivity contribution in [3.8, 4) is 17.3 Å². The number of rotatable bonds is 4. The molecule has 1 aliphatic rings. The molecule has 0 saturated carbocycles. The Morgan fingerprint density at radius 3 is 2.73 bits per heavy atom. The average molecular weight is 403 g/mol. The molecule has 0 amide bonds. The third-order valence-corrected chi connectivity index (χ3v) is 5.20. The molecular weight excluding hydrogens is 385 g/mol. The van der Waals surface area contributed by atoms with Crippen LogP contribution in [0.4, 0.5) is 16.0 Å². The fourth-order valence-electron chi connectivity index (χ4n) is 3.79. The summed E-state index contributed by atoms with van der Waals surface area (Å²) < 4.78 is 15.1. The second-order valence-electron chi connectivity index (χ2n) is 7.03. The van der Waals surface area contributed by atoms with Crippen LogP contribution in [0.25, 0.3) is 17.3 Å². The van der Waals surface area contributed by atoms with Crippen LogP contribution in [-0.2, 0) is 11.2 Å². The Balaban J connectivity index is 1.63. The first-order chi connectivity index (χ1) is 14.7. The maximum Gasteiger partial charge on any atom is 0.237 e. The van der Waals surface area contributed by atoms with Crippen molar-refractivity contribution < 1.29 is 9.18 Å². The Labute approximate surface area is 171 Å². The van der Waals surface area contributed by atoms with Crippen LogP contribution in [0.5, 0.6) is 0 Å². The number of nitrogens with zero attached hydrogens (tertiary/aromatic N) is 6. The van der Waals surface area contributed by atoms with Gasteiger partial charge in [0.25, 0.3) is 0 Å². The summed E-state index contributed by atoms with van der Waals surface area (Å²) in [4.78, 5) is 28.2. The number of aromatic nitrogens is 6. The van der Waals surface area contributed by atoms with Crippen molar-refractivity contribution in [1.82, 2.24) is 29.7 Å². The molecule has 1 N–H and O–H groups in total. The largest absolute Gasteiger partial charge is 0.300 e. The van der Waals surface area contributed by atoms with E-state index in [0.717, 1.165) is 11.1 Å². The number of anilines is 2. The normalized spacial score (nSPS) is 16.0. The van der Waals surface area contributed by atoms with Gasteiger partial charge in [-0.15, -0.1) is 0 Å². The predicted molar refractivity (Wildman–Crippen MR) is 108 cm³/mol. The van der Waals surface area contributed by atoms with Gasteiger partial charge in [-0.05, 0) is 30.7 Å². The number of benzene rings is 1. The van der Waals surface area contributed by atoms with E-state index in [-0.39, 0.29) is 24.1 Å². The fraction of sp³-hybridized carbons (Fsp3) is 0.190. The number of H-pyrrole nitrogens is 1. The zero-order valence-electron chi connectivity index (χ0n) is 16.2. The van der Waals surface area contributed by atoms with Gasteiger partial charge in [-0.1, -0.05) is 6.92 Å². The van der Waals surface area contributed by atoms with Gasteiger partial charge in [-0.25, -0.2) is 14.4 Å². The zero-order valence-corrected chi connectivity index (χ0v) is 16.2. The summed E-state index contributed by atoms with van der Waals surface area (Å²) in [5.74, 6) is 2.18. The predicted octanol–water partition coefficient (Wildman–Crippen LogP) is 3.23. The summed E-state index contributed by atoms with van der Waals surface area (Å²) in [6, 6.07) is 7.58. The molecular formula is C21H18FN7O. The van der Waals surface area contributed by atoms with Crippen LogP contribution in [0.1, 0.15) is 18.9 Å². The van der Waals surface area contributed by atoms with Gasteiger partial charge in [0.05, 0.1) is 12.2 Å². The minimum Gasteiger partial charge on any atom is -0.300 e. The number of Topliss-reactive ketones (excluding diaryl/α,β-unsaturated/α-hetero) is 1. The number of carbonyl (C=O) groups excluding carboxylic acids is 1. The number of imidazole rings is 1. The smallest absolute Gasteiger partial charge is 0.237 e. The number of carbonyl (C=O) groups is 1. The molecule has 4 aromatic rings. The minimum atomic E-state index is -0.333. The molecule has 5 rings (SSSR count). The second kappa shape index (κ2) is 7.18. The molecule has 30 heavy (non-hydrogen) atoms. The lowest BCUT2D eigenvalue weighted by atomic mass is 9.96. The molecule has 0 spiro atoms. The quantitative estimate of drug-likeness (QED) is 0.562. The summed E-state index contributed by atoms with van der Waals surface area (Å²) in [6.45, 7) is 1.97. The Bertz CT molecular complexity index is 1200. The molecule has 0 fully saturated rings. The van der Waals surface area contributed by atoms with E-state index < -0.39 is 0 Å². The van der Waals surface area contributed by atoms with E-state index in [0.29, 0.717) is 29.8 Å². The number of hydrogen-bond acceptors (Lipinski definition) is 6. The van der Waals surface area contributed by atoms with Crippen LogP contribution >= 0.6 is 0 Å². The summed E-state index contributed by atoms with van der Waals surface area (Å²) in [5, 5.41) is 6.97. The molecule has 1 unspecified atom stereocenters. The van der Waals surface area contributed by atoms with E-state index in [4.69, 9.17) is 4.98 Å². The van der Waals surface area contributed by atoms with E-state index in [1.54, 1.807) is 41.5 Å². The molecule has 9 heteroatoms. The number of halogens is 1. The van der Waals surface area contributed by atoms with Crippen molar-refractivity contribution in [3.63, 3.8) is 0 Å². The molecule has 4 heterocycles. The lowest BCUT2D eigenvalue weighted by molar-refractivity contribution is -0.120. The van der Waals surface area contributed by atoms with Crippen LogP contribution in [0.3, 0.4) is 0 Å². The first-order valence-corrected chi connectivity index (χ1v) is 9.62. The number of aromatic amines is 1. The molecule has 0 radical (unpaired) electrons. The minimum absolute atomic E-state index is 0.116. The van der Waals surface area contributed by atoms with Gasteiger partial charge in [-0.3, -0.25) is 14.5 Å². The maximum atomic E-state index is 13.3. The molecule has 0 bridgehead atoms. The van der Waals surface area contributed by atoms with Crippen LogP contribution < -0.4 is 4.90 Å². The third kappa shape index (κ3) is 2.95. The Hall–Kier alpha value is -3.88. The lowest BCUT2D eigenvalue weighted by Gasteiger charge is -2.35. The molecule has 3 aromatic heterocycles. The van der Waals surface area contributed by atoms with Crippen molar-refractivity contribution in [2.75, 3.05) is 4.90 Å². The molecule has 8 nitrogen and oxygen atoms in total. The summed E-state index contributed by atoms with van der Waals surface area (Å²) >= 11 is 0. The van der Waals surface area contributed by atoms with Gasteiger partial charge in [-0.2, -0.15) is 10.1 Å². The highest BCUT2D eigenvalue weighted by atomic mass is 19.1. The highest BCUT2D eigenvalue weighted by Gasteiger charge is 2.35. The van der Waals surface area contributed by atoms with Gasteiger partial charge in [0.15, 0.2) is 5.78 Å². The summed E-state index contributed by atoms with van der Waals surface area (Å²) in [6.07, 6.45) is 7.65. The van der Waals surface area contributed by atoms with Crippen molar-refractivity contribution in [2.24, 2.45) is 0 Å². The average Bonchev–Trinajstić information content (AvgIpc) is 3.45. The summed E-state index contributed by atoms with van der Waals surface area (Å²) in [7, 11) is 0. The van der Waals surface area contributed by atoms with Crippen molar-refractivity contribution in [2.45, 2.75) is 25.8 Å². The molecule has 1 aromatic carbocycles. The number of fused-ring (bicyclic) bond motifs is 1. The first kappa shape index (κ1) is 18.2. The molecule has 1 atom stereocenters. The van der Waals surface area contributed by atoms with E-state index in [1.807, 2.05) is 17.9 Å². The van der Waals surface area contributed by atoms with E-state index >= 15 is 0 Å². The van der Waals surface area contributed by atoms with Gasteiger partial charge in [0.2, 0.25) is 5.95 Å². The van der Waals surface area contributed by atoms with Gasteiger partial charge in [0, 0.05) is 42.2 Å². The van der Waals surface area contributed by atoms with E-state index in [9.17, 15) is 9.18 Å². The van der Waals surface area contributed by atoms with Crippen molar-refractivity contribution in [1.29, 1.82) is 0 Å². The standard InChI is InChI=1S/C21H18FN7O/c1-2-16-17(30)11-14-12-24-21(26-20(14)29(16)18-7-8-25-27-18)28-10-9-23-19(28)13-3-5-15(22)6-4-13/h3-10,12,16H,2,11H2,1H3,(H,25,27). The van der Waals surface area contributed by atoms with Gasteiger partial charge < -0.3 is 4.90 Å². The SMILES string of the molecule is CCC1C(=O)Cc2cnc(-n3ccnc3-c3ccc(F)cc3)nc2N1c1ccn[nH]1. The Morgan fingerprint density at radius 1 is 1.17 bits per heavy atom. The van der Waals surface area contributed by atoms with Crippen LogP contribution in [0.2, 0.25) is 0 Å². The van der Waals surface area contributed by atoms with Crippen molar-refractivity contribution >= 4 is 17.4 Å². The Kier molecular flexibility index (Phi) is 4.35. The van der Waals surface area contributed by atoms with Crippen LogP contribution in [-0.4, -0.2) is 41.5 Å². The number of hydrogen-bond donors (Lipinski definition) is 1. The zero-order chi connectivity index (χ0) is 20.7. The number of ketones is 1. The lowest BCUT2D eigenvalue weighted by Crippen LogP contribution is -2.43. The Morgan fingerprint density at radius 2 is 2.00 bits per heavy atom. The first-order valence-electron chi connectivity index (χ1n) is 9.62. The van der Waals surface area contributed by atoms with Gasteiger partial charge >= 0.3 is 0 Å². The van der Waals surface area contributed by atoms with Gasteiger partial charge in [0.1, 0.15) is 23.3 Å². The highest BCUT2D eigenvalue weighted by Crippen LogP contribution is 2.34. The van der Waals surface area contributed by atoms with E-state index in [2.05, 4.69) is 20.2 Å². The van der Waals surface area contributed by atoms with E-state index in [1.165, 1.54) is 12.1 Å². The highest BCUT2D eigenvalue weighted by molar-refractivity contribution is 5.94. The van der Waals surface area contributed by atoms with Crippen molar-refractivity contribution in [3.05, 3.63) is 66.5 Å².